The molecule has 0 saturated carbocycles. The fourth-order valence-corrected chi connectivity index (χ4v) is 5.26. The highest BCUT2D eigenvalue weighted by Crippen LogP contribution is 2.37. The number of rotatable bonds is 6. The van der Waals surface area contributed by atoms with Crippen molar-refractivity contribution in [1.82, 2.24) is 9.97 Å². The van der Waals surface area contributed by atoms with Crippen LogP contribution < -0.4 is 20.0 Å². The number of carbonyl (C=O) groups excluding carboxylic acids is 1. The quantitative estimate of drug-likeness (QED) is 0.462. The van der Waals surface area contributed by atoms with Crippen LogP contribution in [0.2, 0.25) is 10.0 Å². The summed E-state index contributed by atoms with van der Waals surface area (Å²) < 4.78 is 5.51. The Morgan fingerprint density at radius 1 is 1.11 bits per heavy atom. The van der Waals surface area contributed by atoms with E-state index in [2.05, 4.69) is 39.2 Å². The Bertz CT molecular complexity index is 1260. The van der Waals surface area contributed by atoms with Gasteiger partial charge in [0.25, 0.3) is 5.91 Å². The topological polar surface area (TPSA) is 73.8 Å². The molecule has 0 spiro atoms. The number of ether oxygens (including phenoxy) is 1. The molecule has 2 aliphatic heterocycles. The molecule has 2 aromatic carbocycles. The standard InChI is InChI=1S/C26H28Cl2N6O2/c1-3-5-17-14-18(8-9-22(17)33-10-12-36-13-11-33)30-26-29-15-19-24(31-26)32(2)16-34(25(19)35)23-20(27)6-4-7-21(23)28/h4,6-9,14-15H,3,5,10-13,16H2,1-2H3,(H,29,30,31). The molecule has 5 rings (SSSR count). The van der Waals surface area contributed by atoms with Gasteiger partial charge in [-0.1, -0.05) is 42.6 Å². The summed E-state index contributed by atoms with van der Waals surface area (Å²) in [5.41, 5.74) is 4.31. The van der Waals surface area contributed by atoms with Gasteiger partial charge in [0.05, 0.1) is 35.6 Å². The maximum absolute atomic E-state index is 13.3. The van der Waals surface area contributed by atoms with Crippen LogP contribution in [0.15, 0.2) is 42.6 Å². The van der Waals surface area contributed by atoms with Gasteiger partial charge in [-0.15, -0.1) is 0 Å². The van der Waals surface area contributed by atoms with Crippen LogP contribution in [-0.4, -0.2) is 55.9 Å². The van der Waals surface area contributed by atoms with E-state index in [1.807, 2.05) is 18.0 Å². The molecule has 8 nitrogen and oxygen atoms in total. The molecular weight excluding hydrogens is 499 g/mol. The van der Waals surface area contributed by atoms with Gasteiger partial charge in [0.15, 0.2) is 0 Å². The van der Waals surface area contributed by atoms with Gasteiger partial charge in [-0.2, -0.15) is 4.98 Å². The summed E-state index contributed by atoms with van der Waals surface area (Å²) in [6.07, 6.45) is 3.58. The number of hydrogen-bond donors (Lipinski definition) is 1. The minimum atomic E-state index is -0.246. The lowest BCUT2D eigenvalue weighted by Crippen LogP contribution is -2.46. The second-order valence-electron chi connectivity index (χ2n) is 8.89. The number of hydrogen-bond acceptors (Lipinski definition) is 7. The summed E-state index contributed by atoms with van der Waals surface area (Å²) in [5, 5.41) is 4.14. The van der Waals surface area contributed by atoms with Crippen molar-refractivity contribution in [3.63, 3.8) is 0 Å². The molecule has 2 aliphatic rings. The zero-order chi connectivity index (χ0) is 25.2. The van der Waals surface area contributed by atoms with E-state index in [0.29, 0.717) is 33.1 Å². The molecule has 0 bridgehead atoms. The predicted octanol–water partition coefficient (Wildman–Crippen LogP) is 5.37. The van der Waals surface area contributed by atoms with Crippen LogP contribution in [0.1, 0.15) is 29.3 Å². The van der Waals surface area contributed by atoms with Crippen LogP contribution in [0.5, 0.6) is 0 Å². The third-order valence-electron chi connectivity index (χ3n) is 6.37. The first-order valence-corrected chi connectivity index (χ1v) is 12.8. The molecule has 0 radical (unpaired) electrons. The van der Waals surface area contributed by atoms with Gasteiger partial charge in [-0.05, 0) is 42.3 Å². The maximum Gasteiger partial charge on any atom is 0.265 e. The van der Waals surface area contributed by atoms with Crippen LogP contribution in [0.25, 0.3) is 0 Å². The lowest BCUT2D eigenvalue weighted by Gasteiger charge is -2.35. The largest absolute Gasteiger partial charge is 0.378 e. The smallest absolute Gasteiger partial charge is 0.265 e. The molecule has 188 valence electrons. The average molecular weight is 527 g/mol. The second kappa shape index (κ2) is 10.5. The summed E-state index contributed by atoms with van der Waals surface area (Å²) >= 11 is 12.7. The normalized spacial score (nSPS) is 15.8. The van der Waals surface area contributed by atoms with Gasteiger partial charge < -0.3 is 19.9 Å². The number of aryl methyl sites for hydroxylation is 1. The molecule has 0 aliphatic carbocycles. The minimum absolute atomic E-state index is 0.246. The van der Waals surface area contributed by atoms with E-state index in [4.69, 9.17) is 27.9 Å². The molecule has 1 aromatic heterocycles. The zero-order valence-corrected chi connectivity index (χ0v) is 21.8. The first-order valence-electron chi connectivity index (χ1n) is 12.0. The van der Waals surface area contributed by atoms with E-state index in [9.17, 15) is 4.79 Å². The van der Waals surface area contributed by atoms with Crippen molar-refractivity contribution in [2.75, 3.05) is 60.0 Å². The number of morpholine rings is 1. The van der Waals surface area contributed by atoms with E-state index in [1.54, 1.807) is 29.3 Å². The predicted molar refractivity (Wildman–Crippen MR) is 145 cm³/mol. The molecule has 1 saturated heterocycles. The Labute approximate surface area is 220 Å². The summed E-state index contributed by atoms with van der Waals surface area (Å²) in [6.45, 7) is 5.74. The molecule has 36 heavy (non-hydrogen) atoms. The van der Waals surface area contributed by atoms with Crippen molar-refractivity contribution in [2.24, 2.45) is 0 Å². The first-order chi connectivity index (χ1) is 17.5. The highest BCUT2D eigenvalue weighted by atomic mass is 35.5. The fourth-order valence-electron chi connectivity index (χ4n) is 4.66. The van der Waals surface area contributed by atoms with Crippen molar-refractivity contribution in [3.05, 3.63) is 63.8 Å². The molecule has 3 heterocycles. The first kappa shape index (κ1) is 24.6. The van der Waals surface area contributed by atoms with E-state index in [0.717, 1.165) is 44.8 Å². The van der Waals surface area contributed by atoms with Crippen LogP contribution in [-0.2, 0) is 11.2 Å². The zero-order valence-electron chi connectivity index (χ0n) is 20.3. The number of halogens is 2. The number of nitrogens with zero attached hydrogens (tertiary/aromatic N) is 5. The monoisotopic (exact) mass is 526 g/mol. The van der Waals surface area contributed by atoms with Gasteiger partial charge in [0, 0.05) is 37.7 Å². The molecule has 0 unspecified atom stereocenters. The van der Waals surface area contributed by atoms with Crippen LogP contribution in [0, 0.1) is 0 Å². The third kappa shape index (κ3) is 4.81. The number of nitrogens with one attached hydrogen (secondary N) is 1. The summed E-state index contributed by atoms with van der Waals surface area (Å²) in [5.74, 6) is 0.736. The Hall–Kier alpha value is -3.07. The fraction of sp³-hybridized carbons (Fsp3) is 0.346. The van der Waals surface area contributed by atoms with Crippen molar-refractivity contribution in [2.45, 2.75) is 19.8 Å². The molecular formula is C26H28Cl2N6O2. The number of benzene rings is 2. The number of amides is 1. The Balaban J connectivity index is 1.40. The van der Waals surface area contributed by atoms with Crippen molar-refractivity contribution >= 4 is 57.9 Å². The van der Waals surface area contributed by atoms with Crippen molar-refractivity contribution in [1.29, 1.82) is 0 Å². The minimum Gasteiger partial charge on any atom is -0.378 e. The lowest BCUT2D eigenvalue weighted by molar-refractivity contribution is 0.0982. The Kier molecular flexibility index (Phi) is 7.18. The van der Waals surface area contributed by atoms with Crippen molar-refractivity contribution < 1.29 is 9.53 Å². The summed E-state index contributed by atoms with van der Waals surface area (Å²) in [6, 6.07) is 11.5. The Morgan fingerprint density at radius 2 is 1.86 bits per heavy atom. The van der Waals surface area contributed by atoms with E-state index in [1.165, 1.54) is 11.3 Å². The van der Waals surface area contributed by atoms with E-state index in [-0.39, 0.29) is 12.6 Å². The molecule has 1 N–H and O–H groups in total. The number of para-hydroxylation sites is 1. The number of aromatic nitrogens is 2. The Morgan fingerprint density at radius 3 is 2.58 bits per heavy atom. The molecule has 3 aromatic rings. The summed E-state index contributed by atoms with van der Waals surface area (Å²) in [4.78, 5) is 28.2. The average Bonchev–Trinajstić information content (AvgIpc) is 2.88. The molecule has 1 fully saturated rings. The van der Waals surface area contributed by atoms with Crippen LogP contribution in [0.3, 0.4) is 0 Å². The highest BCUT2D eigenvalue weighted by Gasteiger charge is 2.32. The van der Waals surface area contributed by atoms with Crippen molar-refractivity contribution in [3.8, 4) is 0 Å². The summed E-state index contributed by atoms with van der Waals surface area (Å²) in [7, 11) is 1.87. The number of anilines is 5. The van der Waals surface area contributed by atoms with E-state index < -0.39 is 0 Å². The molecule has 1 amide bonds. The maximum atomic E-state index is 13.3. The second-order valence-corrected chi connectivity index (χ2v) is 9.71. The SMILES string of the molecule is CCCc1cc(Nc2ncc3c(n2)N(C)CN(c2c(Cl)cccc2Cl)C3=O)ccc1N1CCOCC1. The molecule has 0 atom stereocenters. The lowest BCUT2D eigenvalue weighted by atomic mass is 10.1. The highest BCUT2D eigenvalue weighted by molar-refractivity contribution is 6.40. The van der Waals surface area contributed by atoms with Gasteiger partial charge in [0.2, 0.25) is 5.95 Å². The van der Waals surface area contributed by atoms with E-state index >= 15 is 0 Å². The van der Waals surface area contributed by atoms with Crippen LogP contribution >= 0.6 is 23.2 Å². The number of carbonyl (C=O) groups is 1. The van der Waals surface area contributed by atoms with Gasteiger partial charge in [-0.25, -0.2) is 4.98 Å². The van der Waals surface area contributed by atoms with Gasteiger partial charge in [-0.3, -0.25) is 9.69 Å². The van der Waals surface area contributed by atoms with Crippen LogP contribution in [0.4, 0.5) is 28.8 Å². The molecule has 10 heteroatoms. The van der Waals surface area contributed by atoms with Gasteiger partial charge >= 0.3 is 0 Å². The van der Waals surface area contributed by atoms with Gasteiger partial charge in [0.1, 0.15) is 11.4 Å². The third-order valence-corrected chi connectivity index (χ3v) is 6.98. The number of fused-ring (bicyclic) bond motifs is 1.